The van der Waals surface area contributed by atoms with E-state index in [9.17, 15) is 0 Å². The summed E-state index contributed by atoms with van der Waals surface area (Å²) < 4.78 is 5.48. The highest BCUT2D eigenvalue weighted by Gasteiger charge is 2.19. The molecule has 2 heteroatoms. The summed E-state index contributed by atoms with van der Waals surface area (Å²) in [7, 11) is 0. The molecule has 0 spiro atoms. The SMILES string of the molecule is CCNC(CCOCC)c1ccc(C2CCC2)cc1. The summed E-state index contributed by atoms with van der Waals surface area (Å²) >= 11 is 0. The van der Waals surface area contributed by atoms with E-state index in [1.807, 2.05) is 0 Å². The van der Waals surface area contributed by atoms with Crippen LogP contribution in [-0.4, -0.2) is 19.8 Å². The van der Waals surface area contributed by atoms with E-state index >= 15 is 0 Å². The van der Waals surface area contributed by atoms with Gasteiger partial charge in [-0.15, -0.1) is 0 Å². The Kier molecular flexibility index (Phi) is 5.87. The molecule has 0 radical (unpaired) electrons. The van der Waals surface area contributed by atoms with Gasteiger partial charge in [-0.05, 0) is 49.8 Å². The van der Waals surface area contributed by atoms with Crippen LogP contribution in [0.1, 0.15) is 62.6 Å². The van der Waals surface area contributed by atoms with Crippen molar-refractivity contribution in [2.24, 2.45) is 0 Å². The van der Waals surface area contributed by atoms with Gasteiger partial charge in [0.25, 0.3) is 0 Å². The van der Waals surface area contributed by atoms with Gasteiger partial charge in [0.15, 0.2) is 0 Å². The van der Waals surface area contributed by atoms with E-state index in [0.29, 0.717) is 6.04 Å². The fraction of sp³-hybridized carbons (Fsp3) is 0.647. The monoisotopic (exact) mass is 261 g/mol. The molecule has 1 aliphatic rings. The van der Waals surface area contributed by atoms with E-state index < -0.39 is 0 Å². The van der Waals surface area contributed by atoms with Crippen LogP contribution in [0.25, 0.3) is 0 Å². The van der Waals surface area contributed by atoms with Crippen molar-refractivity contribution in [3.05, 3.63) is 35.4 Å². The smallest absolute Gasteiger partial charge is 0.0484 e. The molecule has 19 heavy (non-hydrogen) atoms. The number of hydrogen-bond donors (Lipinski definition) is 1. The first kappa shape index (κ1) is 14.5. The zero-order valence-corrected chi connectivity index (χ0v) is 12.3. The minimum absolute atomic E-state index is 0.423. The van der Waals surface area contributed by atoms with Crippen molar-refractivity contribution in [1.29, 1.82) is 0 Å². The number of nitrogens with one attached hydrogen (secondary N) is 1. The molecule has 2 nitrogen and oxygen atoms in total. The van der Waals surface area contributed by atoms with Crippen LogP contribution in [0.5, 0.6) is 0 Å². The summed E-state index contributed by atoms with van der Waals surface area (Å²) in [5, 5.41) is 3.55. The Balaban J connectivity index is 1.95. The van der Waals surface area contributed by atoms with E-state index in [-0.39, 0.29) is 0 Å². The first-order valence-electron chi connectivity index (χ1n) is 7.76. The largest absolute Gasteiger partial charge is 0.382 e. The highest BCUT2D eigenvalue weighted by Crippen LogP contribution is 2.36. The third-order valence-electron chi connectivity index (χ3n) is 4.12. The third-order valence-corrected chi connectivity index (χ3v) is 4.12. The first-order chi connectivity index (χ1) is 9.35. The fourth-order valence-corrected chi connectivity index (χ4v) is 2.72. The van der Waals surface area contributed by atoms with Crippen molar-refractivity contribution in [2.45, 2.75) is 51.5 Å². The Morgan fingerprint density at radius 3 is 2.47 bits per heavy atom. The standard InChI is InChI=1S/C17H27NO/c1-3-18-17(12-13-19-4-2)16-10-8-15(9-11-16)14-6-5-7-14/h8-11,14,17-18H,3-7,12-13H2,1-2H3. The fourth-order valence-electron chi connectivity index (χ4n) is 2.72. The number of hydrogen-bond acceptors (Lipinski definition) is 2. The van der Waals surface area contributed by atoms with Crippen molar-refractivity contribution in [2.75, 3.05) is 19.8 Å². The molecule has 2 rings (SSSR count). The summed E-state index contributed by atoms with van der Waals surface area (Å²) in [6, 6.07) is 9.67. The van der Waals surface area contributed by atoms with Gasteiger partial charge in [0.1, 0.15) is 0 Å². The first-order valence-corrected chi connectivity index (χ1v) is 7.76. The molecule has 1 aliphatic carbocycles. The van der Waals surface area contributed by atoms with Gasteiger partial charge in [-0.25, -0.2) is 0 Å². The van der Waals surface area contributed by atoms with E-state index in [2.05, 4.69) is 43.4 Å². The van der Waals surface area contributed by atoms with Gasteiger partial charge in [-0.2, -0.15) is 0 Å². The average molecular weight is 261 g/mol. The molecular weight excluding hydrogens is 234 g/mol. The van der Waals surface area contributed by atoms with E-state index in [4.69, 9.17) is 4.74 Å². The summed E-state index contributed by atoms with van der Waals surface area (Å²) in [5.41, 5.74) is 2.92. The summed E-state index contributed by atoms with van der Waals surface area (Å²) in [6.45, 7) is 6.85. The predicted molar refractivity (Wildman–Crippen MR) is 80.6 cm³/mol. The Morgan fingerprint density at radius 1 is 1.21 bits per heavy atom. The molecule has 1 unspecified atom stereocenters. The summed E-state index contributed by atoms with van der Waals surface area (Å²) in [6.07, 6.45) is 5.20. The van der Waals surface area contributed by atoms with Gasteiger partial charge in [-0.1, -0.05) is 37.6 Å². The van der Waals surface area contributed by atoms with E-state index in [1.54, 1.807) is 0 Å². The van der Waals surface area contributed by atoms with Crippen molar-refractivity contribution < 1.29 is 4.74 Å². The zero-order chi connectivity index (χ0) is 13.5. The number of ether oxygens (including phenoxy) is 1. The van der Waals surface area contributed by atoms with Crippen molar-refractivity contribution >= 4 is 0 Å². The maximum atomic E-state index is 5.48. The molecule has 1 N–H and O–H groups in total. The third kappa shape index (κ3) is 4.05. The molecule has 1 fully saturated rings. The predicted octanol–water partition coefficient (Wildman–Crippen LogP) is 4.03. The number of rotatable bonds is 8. The van der Waals surface area contributed by atoms with Crippen LogP contribution in [0.4, 0.5) is 0 Å². The average Bonchev–Trinajstić information content (AvgIpc) is 2.37. The molecule has 0 heterocycles. The molecule has 0 amide bonds. The van der Waals surface area contributed by atoms with Crippen molar-refractivity contribution in [3.8, 4) is 0 Å². The lowest BCUT2D eigenvalue weighted by molar-refractivity contribution is 0.136. The van der Waals surface area contributed by atoms with Crippen LogP contribution >= 0.6 is 0 Å². The molecule has 106 valence electrons. The van der Waals surface area contributed by atoms with Crippen LogP contribution in [-0.2, 0) is 4.74 Å². The quantitative estimate of drug-likeness (QED) is 0.713. The molecular formula is C17H27NO. The van der Waals surface area contributed by atoms with Crippen LogP contribution in [0.15, 0.2) is 24.3 Å². The molecule has 1 saturated carbocycles. The second kappa shape index (κ2) is 7.66. The summed E-state index contributed by atoms with van der Waals surface area (Å²) in [4.78, 5) is 0. The van der Waals surface area contributed by atoms with Gasteiger partial charge in [0.2, 0.25) is 0 Å². The Labute approximate surface area is 117 Å². The Bertz CT molecular complexity index is 356. The summed E-state index contributed by atoms with van der Waals surface area (Å²) in [5.74, 6) is 0.829. The molecule has 0 bridgehead atoms. The van der Waals surface area contributed by atoms with Crippen LogP contribution in [0.3, 0.4) is 0 Å². The van der Waals surface area contributed by atoms with E-state index in [1.165, 1.54) is 30.4 Å². The highest BCUT2D eigenvalue weighted by atomic mass is 16.5. The minimum Gasteiger partial charge on any atom is -0.382 e. The van der Waals surface area contributed by atoms with Crippen LogP contribution in [0, 0.1) is 0 Å². The second-order valence-electron chi connectivity index (χ2n) is 5.39. The minimum atomic E-state index is 0.423. The number of benzene rings is 1. The molecule has 0 saturated heterocycles. The van der Waals surface area contributed by atoms with Gasteiger partial charge < -0.3 is 10.1 Å². The van der Waals surface area contributed by atoms with Gasteiger partial charge in [-0.3, -0.25) is 0 Å². The lowest BCUT2D eigenvalue weighted by Gasteiger charge is -2.26. The van der Waals surface area contributed by atoms with E-state index in [0.717, 1.165) is 32.1 Å². The Hall–Kier alpha value is -0.860. The zero-order valence-electron chi connectivity index (χ0n) is 12.3. The van der Waals surface area contributed by atoms with Gasteiger partial charge in [0.05, 0.1) is 0 Å². The maximum Gasteiger partial charge on any atom is 0.0484 e. The van der Waals surface area contributed by atoms with Gasteiger partial charge in [0, 0.05) is 19.3 Å². The van der Waals surface area contributed by atoms with Crippen LogP contribution in [0.2, 0.25) is 0 Å². The lowest BCUT2D eigenvalue weighted by atomic mass is 9.80. The molecule has 1 aromatic rings. The van der Waals surface area contributed by atoms with Crippen molar-refractivity contribution in [3.63, 3.8) is 0 Å². The normalized spacial score (nSPS) is 17.2. The van der Waals surface area contributed by atoms with Crippen molar-refractivity contribution in [1.82, 2.24) is 5.32 Å². The van der Waals surface area contributed by atoms with Crippen LogP contribution < -0.4 is 5.32 Å². The molecule has 0 aliphatic heterocycles. The Morgan fingerprint density at radius 2 is 1.95 bits per heavy atom. The lowest BCUT2D eigenvalue weighted by Crippen LogP contribution is -2.22. The highest BCUT2D eigenvalue weighted by molar-refractivity contribution is 5.28. The molecule has 1 atom stereocenters. The molecule has 0 aromatic heterocycles. The maximum absolute atomic E-state index is 5.48. The molecule has 1 aromatic carbocycles. The van der Waals surface area contributed by atoms with Gasteiger partial charge >= 0.3 is 0 Å². The topological polar surface area (TPSA) is 21.3 Å². The second-order valence-corrected chi connectivity index (χ2v) is 5.39.